The van der Waals surface area contributed by atoms with Crippen LogP contribution >= 0.6 is 23.2 Å². The van der Waals surface area contributed by atoms with Crippen molar-refractivity contribution in [3.8, 4) is 17.2 Å². The number of rotatable bonds is 5. The Bertz CT molecular complexity index is 823. The summed E-state index contributed by atoms with van der Waals surface area (Å²) in [7, 11) is 0. The molecule has 3 rings (SSSR count). The Kier molecular flexibility index (Phi) is 4.79. The fourth-order valence-corrected chi connectivity index (χ4v) is 2.52. The molecule has 1 heterocycles. The van der Waals surface area contributed by atoms with Gasteiger partial charge in [0.25, 0.3) is 5.24 Å². The van der Waals surface area contributed by atoms with Crippen molar-refractivity contribution in [2.75, 3.05) is 0 Å². The molecule has 1 aromatic carbocycles. The van der Waals surface area contributed by atoms with Gasteiger partial charge in [-0.25, -0.2) is 0 Å². The number of carbonyl (C=O) groups is 1. The first-order valence-electron chi connectivity index (χ1n) is 7.16. The molecule has 0 atom stereocenters. The highest BCUT2D eigenvalue weighted by molar-refractivity contribution is 6.68. The molecule has 0 bridgehead atoms. The van der Waals surface area contributed by atoms with Crippen LogP contribution in [0.15, 0.2) is 30.5 Å². The number of carbonyl (C=O) groups excluding carboxylic acids is 1. The van der Waals surface area contributed by atoms with Crippen LogP contribution in [0.5, 0.6) is 17.2 Å². The number of nitrogens with zero attached hydrogens (tertiary/aromatic N) is 1. The summed E-state index contributed by atoms with van der Waals surface area (Å²) < 4.78 is 46.2. The van der Waals surface area contributed by atoms with E-state index < -0.39 is 17.4 Å². The fraction of sp³-hybridized carbons (Fsp3) is 0.250. The SMILES string of the molecule is O=C(Cl)c1cnc(C2CC2)cc1Oc1ccc(OC(F)(F)F)c(Cl)c1. The van der Waals surface area contributed by atoms with E-state index in [0.717, 1.165) is 30.7 Å². The molecule has 1 fully saturated rings. The largest absolute Gasteiger partial charge is 0.573 e. The van der Waals surface area contributed by atoms with Crippen molar-refractivity contribution in [1.82, 2.24) is 4.98 Å². The Morgan fingerprint density at radius 3 is 2.48 bits per heavy atom. The predicted molar refractivity (Wildman–Crippen MR) is 84.6 cm³/mol. The lowest BCUT2D eigenvalue weighted by molar-refractivity contribution is -0.274. The van der Waals surface area contributed by atoms with Crippen LogP contribution in [0.25, 0.3) is 0 Å². The van der Waals surface area contributed by atoms with Crippen molar-refractivity contribution in [2.24, 2.45) is 0 Å². The van der Waals surface area contributed by atoms with Gasteiger partial charge >= 0.3 is 6.36 Å². The second kappa shape index (κ2) is 6.72. The van der Waals surface area contributed by atoms with Gasteiger partial charge in [-0.15, -0.1) is 13.2 Å². The summed E-state index contributed by atoms with van der Waals surface area (Å²) in [6, 6.07) is 5.02. The second-order valence-electron chi connectivity index (χ2n) is 5.40. The highest BCUT2D eigenvalue weighted by atomic mass is 35.5. The molecule has 132 valence electrons. The van der Waals surface area contributed by atoms with Crippen molar-refractivity contribution in [3.63, 3.8) is 0 Å². The van der Waals surface area contributed by atoms with Crippen LogP contribution in [0, 0.1) is 0 Å². The highest BCUT2D eigenvalue weighted by Crippen LogP contribution is 2.41. The summed E-state index contributed by atoms with van der Waals surface area (Å²) in [6.07, 6.45) is -1.54. The lowest BCUT2D eigenvalue weighted by Crippen LogP contribution is -2.17. The van der Waals surface area contributed by atoms with Crippen molar-refractivity contribution >= 4 is 28.4 Å². The Balaban J connectivity index is 1.87. The molecular weight excluding hydrogens is 382 g/mol. The highest BCUT2D eigenvalue weighted by Gasteiger charge is 2.32. The molecule has 1 saturated carbocycles. The van der Waals surface area contributed by atoms with Gasteiger partial charge in [-0.3, -0.25) is 9.78 Å². The maximum absolute atomic E-state index is 12.3. The van der Waals surface area contributed by atoms with Crippen LogP contribution in [0.2, 0.25) is 5.02 Å². The van der Waals surface area contributed by atoms with Gasteiger partial charge in [-0.05, 0) is 36.6 Å². The van der Waals surface area contributed by atoms with E-state index in [2.05, 4.69) is 9.72 Å². The van der Waals surface area contributed by atoms with Crippen molar-refractivity contribution in [1.29, 1.82) is 0 Å². The molecule has 1 aliphatic carbocycles. The first-order valence-corrected chi connectivity index (χ1v) is 7.91. The Hall–Kier alpha value is -1.99. The van der Waals surface area contributed by atoms with E-state index in [-0.39, 0.29) is 22.1 Å². The third-order valence-electron chi connectivity index (χ3n) is 3.45. The number of benzene rings is 1. The van der Waals surface area contributed by atoms with Gasteiger partial charge in [0.1, 0.15) is 17.2 Å². The molecule has 25 heavy (non-hydrogen) atoms. The third kappa shape index (κ3) is 4.55. The molecule has 0 radical (unpaired) electrons. The van der Waals surface area contributed by atoms with E-state index in [1.54, 1.807) is 6.07 Å². The minimum absolute atomic E-state index is 0.0535. The summed E-state index contributed by atoms with van der Waals surface area (Å²) >= 11 is 11.3. The minimum atomic E-state index is -4.85. The normalized spacial score (nSPS) is 14.3. The van der Waals surface area contributed by atoms with Gasteiger partial charge in [-0.2, -0.15) is 0 Å². The van der Waals surface area contributed by atoms with E-state index in [1.165, 1.54) is 12.3 Å². The van der Waals surface area contributed by atoms with Crippen molar-refractivity contribution < 1.29 is 27.4 Å². The Morgan fingerprint density at radius 2 is 1.92 bits per heavy atom. The van der Waals surface area contributed by atoms with Crippen molar-refractivity contribution in [3.05, 3.63) is 46.7 Å². The molecule has 0 aliphatic heterocycles. The number of hydrogen-bond donors (Lipinski definition) is 0. The predicted octanol–water partition coefficient (Wildman–Crippen LogP) is 5.68. The first kappa shape index (κ1) is 17.8. The Morgan fingerprint density at radius 1 is 1.20 bits per heavy atom. The molecule has 9 heteroatoms. The molecule has 1 aromatic heterocycles. The van der Waals surface area contributed by atoms with Gasteiger partial charge in [0.2, 0.25) is 0 Å². The number of pyridine rings is 1. The monoisotopic (exact) mass is 391 g/mol. The van der Waals surface area contributed by atoms with Gasteiger partial charge in [0, 0.05) is 29.9 Å². The minimum Gasteiger partial charge on any atom is -0.456 e. The molecule has 0 N–H and O–H groups in total. The molecule has 4 nitrogen and oxygen atoms in total. The van der Waals surface area contributed by atoms with Gasteiger partial charge in [-0.1, -0.05) is 11.6 Å². The van der Waals surface area contributed by atoms with E-state index in [1.807, 2.05) is 0 Å². The molecule has 0 amide bonds. The maximum atomic E-state index is 12.3. The Labute approximate surface area is 150 Å². The molecule has 1 aliphatic rings. The lowest BCUT2D eigenvalue weighted by atomic mass is 10.2. The topological polar surface area (TPSA) is 48.4 Å². The molecule has 2 aromatic rings. The average Bonchev–Trinajstić information content (AvgIpc) is 3.33. The van der Waals surface area contributed by atoms with Crippen LogP contribution in [-0.2, 0) is 0 Å². The smallest absolute Gasteiger partial charge is 0.456 e. The van der Waals surface area contributed by atoms with Gasteiger partial charge in [0.15, 0.2) is 0 Å². The number of ether oxygens (including phenoxy) is 2. The zero-order valence-corrected chi connectivity index (χ0v) is 14.0. The molecule has 0 unspecified atom stereocenters. The van der Waals surface area contributed by atoms with Crippen LogP contribution < -0.4 is 9.47 Å². The first-order chi connectivity index (χ1) is 11.7. The average molecular weight is 392 g/mol. The van der Waals surface area contributed by atoms with Crippen LogP contribution in [0.1, 0.15) is 34.8 Å². The zero-order valence-electron chi connectivity index (χ0n) is 12.4. The molecular formula is C16H10Cl2F3NO3. The molecule has 0 spiro atoms. The number of aromatic nitrogens is 1. The maximum Gasteiger partial charge on any atom is 0.573 e. The zero-order chi connectivity index (χ0) is 18.2. The van der Waals surface area contributed by atoms with Crippen LogP contribution in [-0.4, -0.2) is 16.6 Å². The summed E-state index contributed by atoms with van der Waals surface area (Å²) in [4.78, 5) is 15.7. The van der Waals surface area contributed by atoms with E-state index in [9.17, 15) is 18.0 Å². The standard InChI is InChI=1S/C16H10Cl2F3NO3/c17-11-5-9(3-4-13(11)25-16(19,20)21)24-14-6-12(8-1-2-8)22-7-10(14)15(18)23/h3-8H,1-2H2. The van der Waals surface area contributed by atoms with Gasteiger partial charge < -0.3 is 9.47 Å². The van der Waals surface area contributed by atoms with Crippen LogP contribution in [0.3, 0.4) is 0 Å². The number of halogens is 5. The lowest BCUT2D eigenvalue weighted by Gasteiger charge is -2.13. The van der Waals surface area contributed by atoms with E-state index in [0.29, 0.717) is 5.92 Å². The van der Waals surface area contributed by atoms with Crippen molar-refractivity contribution in [2.45, 2.75) is 25.1 Å². The van der Waals surface area contributed by atoms with E-state index in [4.69, 9.17) is 27.9 Å². The number of hydrogen-bond acceptors (Lipinski definition) is 4. The van der Waals surface area contributed by atoms with E-state index >= 15 is 0 Å². The fourth-order valence-electron chi connectivity index (χ4n) is 2.17. The summed E-state index contributed by atoms with van der Waals surface area (Å²) in [5.41, 5.74) is 0.817. The number of alkyl halides is 3. The van der Waals surface area contributed by atoms with Gasteiger partial charge in [0.05, 0.1) is 10.6 Å². The summed E-state index contributed by atoms with van der Waals surface area (Å²) in [5.74, 6) is 0.0561. The third-order valence-corrected chi connectivity index (χ3v) is 3.95. The molecule has 0 saturated heterocycles. The summed E-state index contributed by atoms with van der Waals surface area (Å²) in [6.45, 7) is 0. The quantitative estimate of drug-likeness (QED) is 0.614. The van der Waals surface area contributed by atoms with Crippen LogP contribution in [0.4, 0.5) is 13.2 Å². The summed E-state index contributed by atoms with van der Waals surface area (Å²) in [5, 5.41) is -1.04. The second-order valence-corrected chi connectivity index (χ2v) is 6.15.